The second-order valence-corrected chi connectivity index (χ2v) is 17.1. The van der Waals surface area contributed by atoms with Gasteiger partial charge in [-0.25, -0.2) is 4.79 Å². The van der Waals surface area contributed by atoms with Crippen molar-refractivity contribution < 1.29 is 31.7 Å². The zero-order valence-electron chi connectivity index (χ0n) is 20.1. The predicted molar refractivity (Wildman–Crippen MR) is 130 cm³/mol. The molecular formula is C22H33NO7S2Si. The molecule has 0 aromatic heterocycles. The van der Waals surface area contributed by atoms with E-state index in [4.69, 9.17) is 8.61 Å². The van der Waals surface area contributed by atoms with E-state index in [1.807, 2.05) is 30.3 Å². The van der Waals surface area contributed by atoms with Crippen molar-refractivity contribution >= 4 is 42.1 Å². The number of hydrogen-bond acceptors (Lipinski definition) is 7. The van der Waals surface area contributed by atoms with Gasteiger partial charge in [0.15, 0.2) is 14.0 Å². The number of aliphatic carboxylic acids is 1. The molecule has 2 atom stereocenters. The summed E-state index contributed by atoms with van der Waals surface area (Å²) in [6, 6.07) is 9.33. The van der Waals surface area contributed by atoms with Crippen molar-refractivity contribution in [1.82, 2.24) is 4.90 Å². The molecule has 0 bridgehead atoms. The van der Waals surface area contributed by atoms with Crippen LogP contribution in [0.3, 0.4) is 0 Å². The van der Waals surface area contributed by atoms with E-state index in [1.54, 1.807) is 0 Å². The number of hydrogen-bond donors (Lipinski definition) is 1. The SMILES string of the molecule is C/C(OS(C)(=O)=O)=C(/C(=O)O)N1C(=O)[C@H](CCO[Si](C)(C)C(C)(C)C)[C@H]1Sc1ccccc1. The Hall–Kier alpha value is -1.82. The summed E-state index contributed by atoms with van der Waals surface area (Å²) in [4.78, 5) is 27.1. The van der Waals surface area contributed by atoms with Crippen LogP contribution < -0.4 is 0 Å². The predicted octanol–water partition coefficient (Wildman–Crippen LogP) is 4.27. The Balaban J connectivity index is 2.32. The van der Waals surface area contributed by atoms with Gasteiger partial charge in [-0.1, -0.05) is 50.7 Å². The van der Waals surface area contributed by atoms with Gasteiger partial charge in [-0.05, 0) is 43.6 Å². The Bertz CT molecular complexity index is 1020. The van der Waals surface area contributed by atoms with Gasteiger partial charge in [-0.2, -0.15) is 8.42 Å². The number of carbonyl (C=O) groups excluding carboxylic acids is 1. The zero-order valence-corrected chi connectivity index (χ0v) is 22.7. The molecule has 0 unspecified atom stereocenters. The first-order valence-electron chi connectivity index (χ1n) is 10.6. The molecule has 1 N–H and O–H groups in total. The number of nitrogens with zero attached hydrogens (tertiary/aromatic N) is 1. The number of carboxylic acids is 1. The summed E-state index contributed by atoms with van der Waals surface area (Å²) in [5, 5.41) is 9.27. The Morgan fingerprint density at radius 1 is 1.21 bits per heavy atom. The van der Waals surface area contributed by atoms with Crippen molar-refractivity contribution in [2.24, 2.45) is 5.92 Å². The maximum absolute atomic E-state index is 13.1. The topological polar surface area (TPSA) is 110 Å². The molecular weight excluding hydrogens is 482 g/mol. The van der Waals surface area contributed by atoms with Gasteiger partial charge in [0, 0.05) is 11.5 Å². The number of carboxylic acid groups (broad SMARTS) is 1. The Morgan fingerprint density at radius 2 is 1.79 bits per heavy atom. The summed E-state index contributed by atoms with van der Waals surface area (Å²) >= 11 is 1.35. The zero-order chi connectivity index (χ0) is 25.2. The van der Waals surface area contributed by atoms with Crippen molar-refractivity contribution in [2.45, 2.75) is 62.5 Å². The third kappa shape index (κ3) is 6.84. The third-order valence-electron chi connectivity index (χ3n) is 5.90. The average Bonchev–Trinajstić information content (AvgIpc) is 2.66. The van der Waals surface area contributed by atoms with Crippen LogP contribution in [0.2, 0.25) is 18.1 Å². The number of amides is 1. The van der Waals surface area contributed by atoms with E-state index in [0.717, 1.165) is 16.1 Å². The minimum Gasteiger partial charge on any atom is -0.476 e. The van der Waals surface area contributed by atoms with Gasteiger partial charge < -0.3 is 13.7 Å². The molecule has 1 aliphatic heterocycles. The highest BCUT2D eigenvalue weighted by Gasteiger charge is 2.52. The molecule has 184 valence electrons. The average molecular weight is 516 g/mol. The van der Waals surface area contributed by atoms with Gasteiger partial charge in [0.2, 0.25) is 5.91 Å². The number of carbonyl (C=O) groups is 2. The number of thioether (sulfide) groups is 1. The van der Waals surface area contributed by atoms with Crippen LogP contribution in [0.1, 0.15) is 34.1 Å². The molecule has 1 aromatic carbocycles. The molecule has 0 radical (unpaired) electrons. The van der Waals surface area contributed by atoms with E-state index in [1.165, 1.54) is 18.7 Å². The first-order valence-corrected chi connectivity index (χ1v) is 16.2. The van der Waals surface area contributed by atoms with Crippen molar-refractivity contribution in [3.05, 3.63) is 41.8 Å². The lowest BCUT2D eigenvalue weighted by Gasteiger charge is -2.47. The molecule has 0 aliphatic carbocycles. The van der Waals surface area contributed by atoms with Crippen molar-refractivity contribution in [3.8, 4) is 0 Å². The van der Waals surface area contributed by atoms with Crippen LogP contribution >= 0.6 is 11.8 Å². The molecule has 0 saturated carbocycles. The lowest BCUT2D eigenvalue weighted by Crippen LogP contribution is -2.60. The fourth-order valence-electron chi connectivity index (χ4n) is 3.15. The molecule has 1 aliphatic rings. The van der Waals surface area contributed by atoms with Gasteiger partial charge in [-0.15, -0.1) is 0 Å². The highest BCUT2D eigenvalue weighted by atomic mass is 32.2. The van der Waals surface area contributed by atoms with E-state index in [-0.39, 0.29) is 10.8 Å². The van der Waals surface area contributed by atoms with Crippen LogP contribution in [-0.2, 0) is 28.3 Å². The van der Waals surface area contributed by atoms with Crippen LogP contribution in [0.25, 0.3) is 0 Å². The second kappa shape index (κ2) is 10.2. The van der Waals surface area contributed by atoms with Crippen LogP contribution in [0.5, 0.6) is 0 Å². The fourth-order valence-corrected chi connectivity index (χ4v) is 6.07. The summed E-state index contributed by atoms with van der Waals surface area (Å²) in [7, 11) is -5.95. The Morgan fingerprint density at radius 3 is 2.27 bits per heavy atom. The molecule has 1 saturated heterocycles. The molecule has 1 amide bonds. The van der Waals surface area contributed by atoms with Crippen molar-refractivity contribution in [3.63, 3.8) is 0 Å². The maximum Gasteiger partial charge on any atom is 0.356 e. The smallest absolute Gasteiger partial charge is 0.356 e. The van der Waals surface area contributed by atoms with Gasteiger partial charge in [0.25, 0.3) is 0 Å². The van der Waals surface area contributed by atoms with Gasteiger partial charge >= 0.3 is 16.1 Å². The van der Waals surface area contributed by atoms with Gasteiger partial charge in [0.1, 0.15) is 5.76 Å². The lowest BCUT2D eigenvalue weighted by molar-refractivity contribution is -0.153. The van der Waals surface area contributed by atoms with Crippen LogP contribution in [0.15, 0.2) is 46.7 Å². The molecule has 1 aromatic rings. The molecule has 2 rings (SSSR count). The monoisotopic (exact) mass is 515 g/mol. The van der Waals surface area contributed by atoms with E-state index in [0.29, 0.717) is 13.0 Å². The van der Waals surface area contributed by atoms with E-state index in [2.05, 4.69) is 33.9 Å². The number of allylic oxidation sites excluding steroid dienone is 1. The number of likely N-dealkylation sites (tertiary alicyclic amines) is 1. The quantitative estimate of drug-likeness (QED) is 0.162. The Labute approximate surface area is 201 Å². The minimum atomic E-state index is -3.95. The van der Waals surface area contributed by atoms with Crippen molar-refractivity contribution in [1.29, 1.82) is 0 Å². The van der Waals surface area contributed by atoms with Gasteiger partial charge in [0.05, 0.1) is 17.5 Å². The van der Waals surface area contributed by atoms with E-state index >= 15 is 0 Å². The highest BCUT2D eigenvalue weighted by molar-refractivity contribution is 8.00. The number of benzene rings is 1. The summed E-state index contributed by atoms with van der Waals surface area (Å²) in [6.07, 6.45) is 1.26. The van der Waals surface area contributed by atoms with E-state index < -0.39 is 47.3 Å². The van der Waals surface area contributed by atoms with Crippen LogP contribution in [0.4, 0.5) is 0 Å². The fraction of sp³-hybridized carbons (Fsp3) is 0.545. The summed E-state index contributed by atoms with van der Waals surface area (Å²) in [5.41, 5.74) is -0.472. The van der Waals surface area contributed by atoms with Crippen LogP contribution in [-0.4, -0.2) is 56.9 Å². The van der Waals surface area contributed by atoms with Crippen LogP contribution in [0, 0.1) is 5.92 Å². The molecule has 11 heteroatoms. The molecule has 8 nitrogen and oxygen atoms in total. The molecule has 0 spiro atoms. The van der Waals surface area contributed by atoms with Gasteiger partial charge in [-0.3, -0.25) is 9.69 Å². The minimum absolute atomic E-state index is 0.0279. The third-order valence-corrected chi connectivity index (χ3v) is 12.3. The highest BCUT2D eigenvalue weighted by Crippen LogP contribution is 2.44. The summed E-state index contributed by atoms with van der Waals surface area (Å²) in [5.74, 6) is -2.65. The number of β-lactam (4-membered cyclic amide) rings is 1. The Kier molecular flexibility index (Phi) is 8.48. The summed E-state index contributed by atoms with van der Waals surface area (Å²) < 4.78 is 34.2. The maximum atomic E-state index is 13.1. The summed E-state index contributed by atoms with van der Waals surface area (Å²) in [6.45, 7) is 12.3. The number of rotatable bonds is 10. The largest absolute Gasteiger partial charge is 0.476 e. The first-order chi connectivity index (χ1) is 15.0. The van der Waals surface area contributed by atoms with Crippen molar-refractivity contribution in [2.75, 3.05) is 12.9 Å². The molecule has 1 heterocycles. The lowest BCUT2D eigenvalue weighted by atomic mass is 9.93. The second-order valence-electron chi connectivity index (χ2n) is 9.53. The normalized spacial score (nSPS) is 20.2. The standard InChI is InChI=1S/C22H33NO7S2Si/c1-15(30-32(5,27)28)18(21(25)26)23-19(24)17(13-14-29-33(6,7)22(2,3)4)20(23)31-16-11-9-8-10-12-16/h8-12,17,20H,13-14H2,1-7H3,(H,25,26)/b18-15+/t17-,20+/m0/s1. The first kappa shape index (κ1) is 27.4. The molecule has 33 heavy (non-hydrogen) atoms. The molecule has 1 fully saturated rings. The van der Waals surface area contributed by atoms with E-state index in [9.17, 15) is 23.1 Å².